The molecule has 0 saturated carbocycles. The average molecular weight is 349 g/mol. The van der Waals surface area contributed by atoms with Gasteiger partial charge in [0, 0.05) is 34.1 Å². The van der Waals surface area contributed by atoms with Crippen LogP contribution in [0.25, 0.3) is 0 Å². The van der Waals surface area contributed by atoms with E-state index in [1.165, 1.54) is 0 Å². The second kappa shape index (κ2) is 20.8. The van der Waals surface area contributed by atoms with Crippen molar-refractivity contribution in [2.45, 2.75) is 0 Å². The molecule has 0 amide bonds. The van der Waals surface area contributed by atoms with Crippen molar-refractivity contribution in [2.24, 2.45) is 0 Å². The summed E-state index contributed by atoms with van der Waals surface area (Å²) < 4.78 is 0. The average Bonchev–Trinajstić information content (AvgIpc) is 0. The van der Waals surface area contributed by atoms with Gasteiger partial charge in [0.15, 0.2) is 0 Å². The minimum atomic E-state index is 0. The van der Waals surface area contributed by atoms with Crippen LogP contribution in [-0.2, 0) is 34.1 Å². The van der Waals surface area contributed by atoms with Crippen molar-refractivity contribution < 1.29 is 39.6 Å². The summed E-state index contributed by atoms with van der Waals surface area (Å²) in [6.07, 6.45) is 0. The van der Waals surface area contributed by atoms with Gasteiger partial charge >= 0.3 is 26.2 Å². The van der Waals surface area contributed by atoms with E-state index in [2.05, 4.69) is 0 Å². The summed E-state index contributed by atoms with van der Waals surface area (Å²) in [4.78, 5) is 0. The van der Waals surface area contributed by atoms with Gasteiger partial charge in [-0.2, -0.15) is 0 Å². The van der Waals surface area contributed by atoms with E-state index >= 15 is 0 Å². The largest absolute Gasteiger partial charge is 0 e. The summed E-state index contributed by atoms with van der Waals surface area (Å²) in [6, 6.07) is 0. The Hall–Kier alpha value is 1.88. The standard InChI is InChI=1S/Bi.Cu.Mn.H2O.3H/h;;;1H2;;;. The topological polar surface area (TPSA) is 31.5 Å². The zero-order valence-corrected chi connectivity index (χ0v) is 9.51. The first-order valence-corrected chi connectivity index (χ1v) is 0. The molecule has 0 aliphatic rings. The zero-order valence-electron chi connectivity index (χ0n) is 1.89. The molecule has 0 saturated heterocycles. The normalized spacial score (nSPS) is 0. The Kier molecular flexibility index (Phi) is 206. The summed E-state index contributed by atoms with van der Waals surface area (Å²) in [6.45, 7) is 0. The molecule has 0 spiro atoms. The molecule has 34 valence electrons. The Labute approximate surface area is 65.3 Å². The molecule has 0 heterocycles. The Morgan fingerprint density at radius 3 is 1.00 bits per heavy atom. The molecule has 0 aliphatic carbocycles. The Bertz CT molecular complexity index is 8.00. The molecule has 4 heteroatoms. The van der Waals surface area contributed by atoms with E-state index in [1.54, 1.807) is 0 Å². The van der Waals surface area contributed by atoms with Crippen LogP contribution in [0.15, 0.2) is 0 Å². The van der Waals surface area contributed by atoms with Gasteiger partial charge in [-0.05, 0) is 0 Å². The second-order valence-corrected chi connectivity index (χ2v) is 0. The van der Waals surface area contributed by atoms with E-state index in [0.717, 1.165) is 0 Å². The first-order chi connectivity index (χ1) is 0. The predicted octanol–water partition coefficient (Wildman–Crippen LogP) is -2.01. The van der Waals surface area contributed by atoms with Crippen LogP contribution < -0.4 is 0 Å². The van der Waals surface area contributed by atoms with Gasteiger partial charge in [-0.15, -0.1) is 0 Å². The van der Waals surface area contributed by atoms with Gasteiger partial charge in [-0.3, -0.25) is 0 Å². The number of rotatable bonds is 0. The van der Waals surface area contributed by atoms with Gasteiger partial charge in [-0.1, -0.05) is 0 Å². The molecule has 0 atom stereocenters. The van der Waals surface area contributed by atoms with Crippen LogP contribution in [0, 0.1) is 0 Å². The Morgan fingerprint density at radius 1 is 1.00 bits per heavy atom. The van der Waals surface area contributed by atoms with Crippen molar-refractivity contribution in [3.8, 4) is 0 Å². The molecule has 0 rings (SSSR count). The third kappa shape index (κ3) is 9.10. The third-order valence-electron chi connectivity index (χ3n) is 0. The maximum atomic E-state index is 0. The molecule has 0 aromatic carbocycles. The van der Waals surface area contributed by atoms with Crippen LogP contribution >= 0.6 is 0 Å². The van der Waals surface area contributed by atoms with E-state index in [0.29, 0.717) is 0 Å². The Morgan fingerprint density at radius 2 is 1.00 bits per heavy atom. The molecule has 4 heavy (non-hydrogen) atoms. The van der Waals surface area contributed by atoms with E-state index in [-0.39, 0.29) is 65.8 Å². The van der Waals surface area contributed by atoms with Crippen molar-refractivity contribution >= 4 is 26.2 Å². The smallest absolute Gasteiger partial charge is 0 e. The maximum absolute atomic E-state index is 0. The first kappa shape index (κ1) is 39.6. The Balaban J connectivity index is 0. The molecule has 0 unspecified atom stereocenters. The minimum Gasteiger partial charge on any atom is 0 e. The van der Waals surface area contributed by atoms with Gasteiger partial charge in [-0.25, -0.2) is 0 Å². The molecule has 2 N–H and O–H groups in total. The minimum absolute atomic E-state index is 0. The second-order valence-electron chi connectivity index (χ2n) is 0. The molecule has 0 aromatic rings. The van der Waals surface area contributed by atoms with E-state index in [9.17, 15) is 0 Å². The molecular formula is H5BiCuMnO. The molecule has 0 fully saturated rings. The molecule has 0 aliphatic heterocycles. The molecule has 1 nitrogen and oxygen atoms in total. The van der Waals surface area contributed by atoms with Crippen LogP contribution in [0.2, 0.25) is 0 Å². The maximum Gasteiger partial charge on any atom is 0 e. The van der Waals surface area contributed by atoms with Crippen molar-refractivity contribution in [3.63, 3.8) is 0 Å². The fourth-order valence-corrected chi connectivity index (χ4v) is 0. The van der Waals surface area contributed by atoms with Crippen molar-refractivity contribution in [1.82, 2.24) is 0 Å². The van der Waals surface area contributed by atoms with E-state index < -0.39 is 0 Å². The number of hydrogen-bond donors (Lipinski definition) is 0. The van der Waals surface area contributed by atoms with Gasteiger partial charge in [0.1, 0.15) is 0 Å². The predicted molar refractivity (Wildman–Crippen MR) is 13.6 cm³/mol. The summed E-state index contributed by atoms with van der Waals surface area (Å²) in [7, 11) is 0. The fraction of sp³-hybridized carbons (Fsp3) is 0. The van der Waals surface area contributed by atoms with Gasteiger partial charge in [0.05, 0.1) is 0 Å². The summed E-state index contributed by atoms with van der Waals surface area (Å²) in [5.41, 5.74) is 0. The number of hydrogen-bond acceptors (Lipinski definition) is 0. The molecule has 0 aromatic heterocycles. The van der Waals surface area contributed by atoms with Crippen LogP contribution in [0.3, 0.4) is 0 Å². The summed E-state index contributed by atoms with van der Waals surface area (Å²) in [5.74, 6) is 0. The summed E-state index contributed by atoms with van der Waals surface area (Å²) >= 11 is 0. The van der Waals surface area contributed by atoms with Crippen molar-refractivity contribution in [1.29, 1.82) is 0 Å². The zero-order chi connectivity index (χ0) is 0. The SMILES string of the molecule is O.[BiH3].[Cu].[Mn]. The van der Waals surface area contributed by atoms with Crippen LogP contribution in [0.1, 0.15) is 0 Å². The van der Waals surface area contributed by atoms with Gasteiger partial charge in [0.25, 0.3) is 0 Å². The monoisotopic (exact) mass is 348 g/mol. The van der Waals surface area contributed by atoms with E-state index in [4.69, 9.17) is 0 Å². The van der Waals surface area contributed by atoms with E-state index in [1.807, 2.05) is 0 Å². The summed E-state index contributed by atoms with van der Waals surface area (Å²) in [5, 5.41) is 0. The molecular weight excluding hydrogens is 343 g/mol. The third-order valence-corrected chi connectivity index (χ3v) is 0. The van der Waals surface area contributed by atoms with Crippen LogP contribution in [0.5, 0.6) is 0 Å². The molecule has 0 bridgehead atoms. The first-order valence-electron chi connectivity index (χ1n) is 0. The van der Waals surface area contributed by atoms with Gasteiger partial charge in [0.2, 0.25) is 0 Å². The quantitative estimate of drug-likeness (QED) is 0.453. The van der Waals surface area contributed by atoms with Crippen LogP contribution in [0.4, 0.5) is 0 Å². The fourth-order valence-electron chi connectivity index (χ4n) is 0. The van der Waals surface area contributed by atoms with Crippen molar-refractivity contribution in [3.05, 3.63) is 0 Å². The van der Waals surface area contributed by atoms with Crippen molar-refractivity contribution in [2.75, 3.05) is 0 Å². The van der Waals surface area contributed by atoms with Gasteiger partial charge < -0.3 is 5.48 Å². The van der Waals surface area contributed by atoms with Crippen LogP contribution in [-0.4, -0.2) is 31.7 Å². The molecule has 2 radical (unpaired) electrons.